The van der Waals surface area contributed by atoms with Gasteiger partial charge in [0, 0.05) is 21.7 Å². The summed E-state index contributed by atoms with van der Waals surface area (Å²) in [5, 5.41) is 3.94. The van der Waals surface area contributed by atoms with E-state index >= 15 is 0 Å². The van der Waals surface area contributed by atoms with Gasteiger partial charge in [-0.05, 0) is 36.4 Å². The maximum Gasteiger partial charge on any atom is 0.271 e. The standard InChI is InChI=1S/C20H17BrN2O4/c1-25-17-9-14(10-18(11-17)26-2)20(24)23-22-12-16-7-8-19(27-16)13-3-5-15(21)6-4-13/h3-12H,1-2H3,(H,23,24)/b22-12+. The minimum Gasteiger partial charge on any atom is -0.497 e. The number of carbonyl (C=O) groups excluding carboxylic acids is 1. The Bertz CT molecular complexity index is 942. The summed E-state index contributed by atoms with van der Waals surface area (Å²) < 4.78 is 17.0. The molecule has 138 valence electrons. The van der Waals surface area contributed by atoms with E-state index < -0.39 is 0 Å². The zero-order valence-electron chi connectivity index (χ0n) is 14.7. The number of hydrogen-bond donors (Lipinski definition) is 1. The molecule has 0 saturated heterocycles. The second-order valence-electron chi connectivity index (χ2n) is 5.51. The second kappa shape index (κ2) is 8.55. The molecule has 3 aromatic rings. The Balaban J connectivity index is 1.67. The van der Waals surface area contributed by atoms with Gasteiger partial charge in [0.2, 0.25) is 0 Å². The number of nitrogens with one attached hydrogen (secondary N) is 1. The van der Waals surface area contributed by atoms with Gasteiger partial charge in [-0.1, -0.05) is 28.1 Å². The van der Waals surface area contributed by atoms with Crippen molar-refractivity contribution in [1.82, 2.24) is 5.43 Å². The molecule has 0 aliphatic carbocycles. The molecule has 0 fully saturated rings. The predicted molar refractivity (Wildman–Crippen MR) is 106 cm³/mol. The Kier molecular flexibility index (Phi) is 5.93. The van der Waals surface area contributed by atoms with Crippen LogP contribution in [0.5, 0.6) is 11.5 Å². The van der Waals surface area contributed by atoms with Crippen LogP contribution < -0.4 is 14.9 Å². The predicted octanol–water partition coefficient (Wildman–Crippen LogP) is 4.49. The molecule has 0 atom stereocenters. The summed E-state index contributed by atoms with van der Waals surface area (Å²) in [6, 6.07) is 16.3. The van der Waals surface area contributed by atoms with Crippen molar-refractivity contribution in [2.75, 3.05) is 14.2 Å². The summed E-state index contributed by atoms with van der Waals surface area (Å²) in [5.74, 6) is 1.90. The number of halogens is 1. The number of ether oxygens (including phenoxy) is 2. The summed E-state index contributed by atoms with van der Waals surface area (Å²) in [6.07, 6.45) is 1.44. The lowest BCUT2D eigenvalue weighted by Gasteiger charge is -2.07. The van der Waals surface area contributed by atoms with Crippen molar-refractivity contribution in [1.29, 1.82) is 0 Å². The Morgan fingerprint density at radius 1 is 1.04 bits per heavy atom. The molecule has 0 unspecified atom stereocenters. The van der Waals surface area contributed by atoms with Gasteiger partial charge in [0.05, 0.1) is 20.4 Å². The SMILES string of the molecule is COc1cc(OC)cc(C(=O)N/N=C/c2ccc(-c3ccc(Br)cc3)o2)c1. The summed E-state index contributed by atoms with van der Waals surface area (Å²) in [4.78, 5) is 12.3. The van der Waals surface area contributed by atoms with Gasteiger partial charge in [-0.2, -0.15) is 5.10 Å². The van der Waals surface area contributed by atoms with E-state index in [-0.39, 0.29) is 5.91 Å². The Morgan fingerprint density at radius 3 is 2.33 bits per heavy atom. The molecule has 1 N–H and O–H groups in total. The van der Waals surface area contributed by atoms with Crippen LogP contribution in [0.2, 0.25) is 0 Å². The first kappa shape index (κ1) is 18.7. The van der Waals surface area contributed by atoms with E-state index in [1.807, 2.05) is 30.3 Å². The van der Waals surface area contributed by atoms with E-state index in [9.17, 15) is 4.79 Å². The van der Waals surface area contributed by atoms with E-state index in [1.165, 1.54) is 20.4 Å². The van der Waals surface area contributed by atoms with E-state index in [0.717, 1.165) is 10.0 Å². The number of hydrazone groups is 1. The topological polar surface area (TPSA) is 73.1 Å². The van der Waals surface area contributed by atoms with Crippen molar-refractivity contribution in [2.45, 2.75) is 0 Å². The number of nitrogens with zero attached hydrogens (tertiary/aromatic N) is 1. The molecule has 3 rings (SSSR count). The highest BCUT2D eigenvalue weighted by Gasteiger charge is 2.09. The first-order valence-electron chi connectivity index (χ1n) is 8.01. The van der Waals surface area contributed by atoms with Crippen LogP contribution in [0.25, 0.3) is 11.3 Å². The van der Waals surface area contributed by atoms with E-state index in [4.69, 9.17) is 13.9 Å². The van der Waals surface area contributed by atoms with E-state index in [1.54, 1.807) is 24.3 Å². The molecule has 0 aliphatic rings. The van der Waals surface area contributed by atoms with Crippen LogP contribution in [0, 0.1) is 0 Å². The maximum atomic E-state index is 12.3. The molecule has 0 spiro atoms. The fourth-order valence-corrected chi connectivity index (χ4v) is 2.61. The van der Waals surface area contributed by atoms with E-state index in [0.29, 0.717) is 28.6 Å². The number of hydrogen-bond acceptors (Lipinski definition) is 5. The van der Waals surface area contributed by atoms with Crippen LogP contribution in [0.4, 0.5) is 0 Å². The van der Waals surface area contributed by atoms with Crippen LogP contribution in [0.15, 0.2) is 68.6 Å². The molecule has 0 aliphatic heterocycles. The summed E-state index contributed by atoms with van der Waals surface area (Å²) >= 11 is 3.40. The summed E-state index contributed by atoms with van der Waals surface area (Å²) in [6.45, 7) is 0. The quantitative estimate of drug-likeness (QED) is 0.463. The molecule has 7 heteroatoms. The maximum absolute atomic E-state index is 12.3. The number of carbonyl (C=O) groups is 1. The number of rotatable bonds is 6. The Hall–Kier alpha value is -3.06. The molecular weight excluding hydrogens is 412 g/mol. The van der Waals surface area contributed by atoms with Crippen molar-refractivity contribution < 1.29 is 18.7 Å². The highest BCUT2D eigenvalue weighted by Crippen LogP contribution is 2.24. The van der Waals surface area contributed by atoms with Crippen molar-refractivity contribution in [3.63, 3.8) is 0 Å². The summed E-state index contributed by atoms with van der Waals surface area (Å²) in [7, 11) is 3.04. The molecule has 1 amide bonds. The zero-order valence-corrected chi connectivity index (χ0v) is 16.3. The largest absolute Gasteiger partial charge is 0.497 e. The highest BCUT2D eigenvalue weighted by atomic mass is 79.9. The minimum absolute atomic E-state index is 0.373. The number of amides is 1. The minimum atomic E-state index is -0.386. The summed E-state index contributed by atoms with van der Waals surface area (Å²) in [5.41, 5.74) is 3.78. The highest BCUT2D eigenvalue weighted by molar-refractivity contribution is 9.10. The average Bonchev–Trinajstić information content (AvgIpc) is 3.16. The lowest BCUT2D eigenvalue weighted by atomic mass is 10.2. The third-order valence-corrected chi connectivity index (χ3v) is 4.26. The van der Waals surface area contributed by atoms with Crippen molar-refractivity contribution in [3.8, 4) is 22.8 Å². The Labute approximate surface area is 164 Å². The van der Waals surface area contributed by atoms with Gasteiger partial charge in [-0.15, -0.1) is 0 Å². The molecular formula is C20H17BrN2O4. The van der Waals surface area contributed by atoms with Gasteiger partial charge < -0.3 is 13.9 Å². The molecule has 0 radical (unpaired) electrons. The fourth-order valence-electron chi connectivity index (χ4n) is 2.35. The number of furan rings is 1. The second-order valence-corrected chi connectivity index (χ2v) is 6.43. The molecule has 2 aromatic carbocycles. The zero-order chi connectivity index (χ0) is 19.2. The van der Waals surface area contributed by atoms with Gasteiger partial charge >= 0.3 is 0 Å². The molecule has 6 nitrogen and oxygen atoms in total. The molecule has 27 heavy (non-hydrogen) atoms. The number of benzene rings is 2. The van der Waals surface area contributed by atoms with Crippen LogP contribution in [-0.2, 0) is 0 Å². The third kappa shape index (κ3) is 4.77. The average molecular weight is 429 g/mol. The first-order valence-corrected chi connectivity index (χ1v) is 8.80. The van der Waals surface area contributed by atoms with Gasteiger partial charge in [-0.25, -0.2) is 5.43 Å². The van der Waals surface area contributed by atoms with Crippen LogP contribution in [-0.4, -0.2) is 26.3 Å². The fraction of sp³-hybridized carbons (Fsp3) is 0.100. The van der Waals surface area contributed by atoms with Gasteiger partial charge in [0.25, 0.3) is 5.91 Å². The van der Waals surface area contributed by atoms with Crippen molar-refractivity contribution in [2.24, 2.45) is 5.10 Å². The third-order valence-electron chi connectivity index (χ3n) is 3.73. The lowest BCUT2D eigenvalue weighted by Crippen LogP contribution is -2.17. The van der Waals surface area contributed by atoms with Crippen molar-refractivity contribution >= 4 is 28.1 Å². The molecule has 1 heterocycles. The molecule has 0 bridgehead atoms. The van der Waals surface area contributed by atoms with Gasteiger partial charge in [0.15, 0.2) is 0 Å². The lowest BCUT2D eigenvalue weighted by molar-refractivity contribution is 0.0954. The van der Waals surface area contributed by atoms with Crippen LogP contribution in [0.1, 0.15) is 16.1 Å². The normalized spacial score (nSPS) is 10.8. The van der Waals surface area contributed by atoms with Gasteiger partial charge in [-0.3, -0.25) is 4.79 Å². The van der Waals surface area contributed by atoms with Crippen LogP contribution >= 0.6 is 15.9 Å². The Morgan fingerprint density at radius 2 is 1.70 bits per heavy atom. The smallest absolute Gasteiger partial charge is 0.271 e. The van der Waals surface area contributed by atoms with Gasteiger partial charge in [0.1, 0.15) is 23.0 Å². The monoisotopic (exact) mass is 428 g/mol. The molecule has 1 aromatic heterocycles. The van der Waals surface area contributed by atoms with Crippen molar-refractivity contribution in [3.05, 3.63) is 70.4 Å². The molecule has 0 saturated carbocycles. The first-order chi connectivity index (χ1) is 13.1. The number of methoxy groups -OCH3 is 2. The van der Waals surface area contributed by atoms with Crippen LogP contribution in [0.3, 0.4) is 0 Å². The van der Waals surface area contributed by atoms with E-state index in [2.05, 4.69) is 26.5 Å².